The van der Waals surface area contributed by atoms with E-state index in [2.05, 4.69) is 11.4 Å². The Morgan fingerprint density at radius 1 is 1.64 bits per heavy atom. The minimum absolute atomic E-state index is 0.202. The Kier molecular flexibility index (Phi) is 5.58. The molecule has 1 aliphatic rings. The smallest absolute Gasteiger partial charge is 0.143 e. The molecule has 1 aliphatic heterocycles. The normalized spacial score (nSPS) is 24.1. The molecule has 0 amide bonds. The molecule has 3 nitrogen and oxygen atoms in total. The quantitative estimate of drug-likeness (QED) is 0.728. The van der Waals surface area contributed by atoms with Gasteiger partial charge in [-0.2, -0.15) is 5.26 Å². The second kappa shape index (κ2) is 6.80. The fraction of sp³-hybridized carbons (Fsp3) is 0.909. The van der Waals surface area contributed by atoms with Crippen LogP contribution in [0.15, 0.2) is 0 Å². The van der Waals surface area contributed by atoms with E-state index in [1.165, 1.54) is 12.8 Å². The standard InChI is InChI=1S/C11H20N2O/c1-2-11(8-12)14-7-5-10-4-3-6-13-9-10/h10-11,13H,2-7,9H2,1H3. The summed E-state index contributed by atoms with van der Waals surface area (Å²) in [5, 5.41) is 12.1. The van der Waals surface area contributed by atoms with Crippen molar-refractivity contribution in [1.29, 1.82) is 5.26 Å². The SMILES string of the molecule is CCC(C#N)OCCC1CCCNC1. The molecule has 80 valence electrons. The lowest BCUT2D eigenvalue weighted by Gasteiger charge is -2.22. The molecule has 0 aromatic carbocycles. The van der Waals surface area contributed by atoms with E-state index < -0.39 is 0 Å². The zero-order valence-electron chi connectivity index (χ0n) is 8.96. The Balaban J connectivity index is 2.05. The van der Waals surface area contributed by atoms with Crippen LogP contribution in [-0.2, 0) is 4.74 Å². The topological polar surface area (TPSA) is 45.0 Å². The van der Waals surface area contributed by atoms with Gasteiger partial charge >= 0.3 is 0 Å². The second-order valence-electron chi connectivity index (χ2n) is 3.90. The highest BCUT2D eigenvalue weighted by Crippen LogP contribution is 2.14. The molecule has 1 heterocycles. The Hall–Kier alpha value is -0.590. The third-order valence-electron chi connectivity index (χ3n) is 2.76. The fourth-order valence-corrected chi connectivity index (χ4v) is 1.79. The van der Waals surface area contributed by atoms with E-state index in [-0.39, 0.29) is 6.10 Å². The van der Waals surface area contributed by atoms with E-state index in [1.807, 2.05) is 6.92 Å². The summed E-state index contributed by atoms with van der Waals surface area (Å²) in [7, 11) is 0. The van der Waals surface area contributed by atoms with Crippen LogP contribution < -0.4 is 5.32 Å². The van der Waals surface area contributed by atoms with Crippen LogP contribution >= 0.6 is 0 Å². The first-order valence-electron chi connectivity index (χ1n) is 5.58. The van der Waals surface area contributed by atoms with Gasteiger partial charge in [0.05, 0.1) is 6.07 Å². The summed E-state index contributed by atoms with van der Waals surface area (Å²) in [6.07, 6.45) is 4.26. The molecule has 1 saturated heterocycles. The molecule has 1 N–H and O–H groups in total. The molecule has 3 heteroatoms. The van der Waals surface area contributed by atoms with Crippen molar-refractivity contribution >= 4 is 0 Å². The van der Waals surface area contributed by atoms with Crippen molar-refractivity contribution < 1.29 is 4.74 Å². The number of piperidine rings is 1. The summed E-state index contributed by atoms with van der Waals surface area (Å²) in [6, 6.07) is 2.15. The summed E-state index contributed by atoms with van der Waals surface area (Å²) in [6.45, 7) is 4.99. The molecule has 0 spiro atoms. The lowest BCUT2D eigenvalue weighted by atomic mass is 9.97. The van der Waals surface area contributed by atoms with Gasteiger partial charge in [0, 0.05) is 6.61 Å². The van der Waals surface area contributed by atoms with Crippen LogP contribution in [0.3, 0.4) is 0 Å². The van der Waals surface area contributed by atoms with E-state index in [0.717, 1.165) is 38.5 Å². The molecular weight excluding hydrogens is 176 g/mol. The largest absolute Gasteiger partial charge is 0.363 e. The molecule has 1 rings (SSSR count). The van der Waals surface area contributed by atoms with Crippen molar-refractivity contribution in [2.75, 3.05) is 19.7 Å². The fourth-order valence-electron chi connectivity index (χ4n) is 1.79. The van der Waals surface area contributed by atoms with Crippen LogP contribution in [-0.4, -0.2) is 25.8 Å². The zero-order valence-corrected chi connectivity index (χ0v) is 8.96. The molecule has 2 atom stereocenters. The Bertz CT molecular complexity index is 182. The van der Waals surface area contributed by atoms with Gasteiger partial charge in [0.25, 0.3) is 0 Å². The number of rotatable bonds is 5. The van der Waals surface area contributed by atoms with Crippen LogP contribution in [0.4, 0.5) is 0 Å². The minimum atomic E-state index is -0.202. The predicted octanol–water partition coefficient (Wildman–Crippen LogP) is 1.69. The summed E-state index contributed by atoms with van der Waals surface area (Å²) in [5.74, 6) is 0.750. The van der Waals surface area contributed by atoms with Gasteiger partial charge in [-0.05, 0) is 44.7 Å². The molecule has 1 fully saturated rings. The maximum Gasteiger partial charge on any atom is 0.143 e. The maximum absolute atomic E-state index is 8.68. The van der Waals surface area contributed by atoms with Crippen LogP contribution in [0.5, 0.6) is 0 Å². The van der Waals surface area contributed by atoms with Crippen LogP contribution in [0.1, 0.15) is 32.6 Å². The maximum atomic E-state index is 8.68. The molecule has 0 bridgehead atoms. The Labute approximate surface area is 86.4 Å². The van der Waals surface area contributed by atoms with Crippen molar-refractivity contribution in [2.45, 2.75) is 38.7 Å². The summed E-state index contributed by atoms with van der Waals surface area (Å²) in [5.41, 5.74) is 0. The van der Waals surface area contributed by atoms with E-state index in [1.54, 1.807) is 0 Å². The first kappa shape index (κ1) is 11.5. The Morgan fingerprint density at radius 2 is 2.50 bits per heavy atom. The molecule has 14 heavy (non-hydrogen) atoms. The van der Waals surface area contributed by atoms with Gasteiger partial charge in [-0.15, -0.1) is 0 Å². The minimum Gasteiger partial charge on any atom is -0.363 e. The summed E-state index contributed by atoms with van der Waals surface area (Å²) in [4.78, 5) is 0. The summed E-state index contributed by atoms with van der Waals surface area (Å²) >= 11 is 0. The number of hydrogen-bond donors (Lipinski definition) is 1. The monoisotopic (exact) mass is 196 g/mol. The number of nitrogens with zero attached hydrogens (tertiary/aromatic N) is 1. The number of hydrogen-bond acceptors (Lipinski definition) is 3. The van der Waals surface area contributed by atoms with Crippen LogP contribution in [0, 0.1) is 17.2 Å². The lowest BCUT2D eigenvalue weighted by Crippen LogP contribution is -2.30. The van der Waals surface area contributed by atoms with Gasteiger partial charge < -0.3 is 10.1 Å². The average molecular weight is 196 g/mol. The first-order valence-corrected chi connectivity index (χ1v) is 5.58. The van der Waals surface area contributed by atoms with Gasteiger partial charge in [0.15, 0.2) is 0 Å². The average Bonchev–Trinajstić information content (AvgIpc) is 2.26. The third kappa shape index (κ3) is 4.08. The van der Waals surface area contributed by atoms with Crippen LogP contribution in [0.25, 0.3) is 0 Å². The molecule has 0 aromatic rings. The highest BCUT2D eigenvalue weighted by atomic mass is 16.5. The number of nitrogens with one attached hydrogen (secondary N) is 1. The van der Waals surface area contributed by atoms with E-state index >= 15 is 0 Å². The predicted molar refractivity (Wildman–Crippen MR) is 55.9 cm³/mol. The van der Waals surface area contributed by atoms with Crippen molar-refractivity contribution in [1.82, 2.24) is 5.32 Å². The summed E-state index contributed by atoms with van der Waals surface area (Å²) < 4.78 is 5.45. The van der Waals surface area contributed by atoms with E-state index in [9.17, 15) is 0 Å². The van der Waals surface area contributed by atoms with Crippen molar-refractivity contribution in [2.24, 2.45) is 5.92 Å². The molecule has 0 radical (unpaired) electrons. The first-order chi connectivity index (χ1) is 6.86. The van der Waals surface area contributed by atoms with Gasteiger partial charge in [-0.25, -0.2) is 0 Å². The third-order valence-corrected chi connectivity index (χ3v) is 2.76. The zero-order chi connectivity index (χ0) is 10.2. The van der Waals surface area contributed by atoms with Gasteiger partial charge in [-0.3, -0.25) is 0 Å². The molecule has 0 aromatic heterocycles. The van der Waals surface area contributed by atoms with Gasteiger partial charge in [-0.1, -0.05) is 6.92 Å². The van der Waals surface area contributed by atoms with E-state index in [4.69, 9.17) is 10.00 Å². The molecule has 0 saturated carbocycles. The molecular formula is C11H20N2O. The number of ether oxygens (including phenoxy) is 1. The molecule has 2 unspecified atom stereocenters. The lowest BCUT2D eigenvalue weighted by molar-refractivity contribution is 0.0741. The highest BCUT2D eigenvalue weighted by Gasteiger charge is 2.13. The highest BCUT2D eigenvalue weighted by molar-refractivity contribution is 4.82. The van der Waals surface area contributed by atoms with Crippen molar-refractivity contribution in [3.8, 4) is 6.07 Å². The Morgan fingerprint density at radius 3 is 3.07 bits per heavy atom. The van der Waals surface area contributed by atoms with Gasteiger partial charge in [0.2, 0.25) is 0 Å². The molecule has 0 aliphatic carbocycles. The van der Waals surface area contributed by atoms with Gasteiger partial charge in [0.1, 0.15) is 6.10 Å². The van der Waals surface area contributed by atoms with E-state index in [0.29, 0.717) is 0 Å². The van der Waals surface area contributed by atoms with Crippen LogP contribution in [0.2, 0.25) is 0 Å². The number of nitriles is 1. The van der Waals surface area contributed by atoms with Crippen molar-refractivity contribution in [3.63, 3.8) is 0 Å². The van der Waals surface area contributed by atoms with Crippen molar-refractivity contribution in [3.05, 3.63) is 0 Å². The second-order valence-corrected chi connectivity index (χ2v) is 3.90.